The molecule has 8 heteroatoms. The first-order chi connectivity index (χ1) is 10.6. The topological polar surface area (TPSA) is 117 Å². The Bertz CT molecular complexity index is 674. The lowest BCUT2D eigenvalue weighted by Gasteiger charge is -2.17. The Hall–Kier alpha value is -2.09. The van der Waals surface area contributed by atoms with Crippen molar-refractivity contribution in [3.63, 3.8) is 0 Å². The first kappa shape index (κ1) is 19.0. The maximum Gasteiger partial charge on any atom is 0.330 e. The monoisotopic (exact) mass is 341 g/mol. The van der Waals surface area contributed by atoms with Crippen LogP contribution in [-0.4, -0.2) is 47.8 Å². The van der Waals surface area contributed by atoms with Crippen molar-refractivity contribution in [3.05, 3.63) is 36.0 Å². The van der Waals surface area contributed by atoms with Crippen LogP contribution in [0.1, 0.15) is 5.56 Å². The van der Waals surface area contributed by atoms with Crippen LogP contribution < -0.4 is 11.1 Å². The van der Waals surface area contributed by atoms with Crippen molar-refractivity contribution in [2.24, 2.45) is 5.73 Å². The molecule has 0 saturated heterocycles. The van der Waals surface area contributed by atoms with Gasteiger partial charge < -0.3 is 25.9 Å². The summed E-state index contributed by atoms with van der Waals surface area (Å²) in [6.45, 7) is -0.543. The molecule has 0 radical (unpaired) electrons. The van der Waals surface area contributed by atoms with Gasteiger partial charge in [0.05, 0.1) is 19.8 Å². The number of nitrogens with two attached hydrogens (primary N) is 1. The molecule has 0 spiro atoms. The molecule has 0 saturated carbocycles. The summed E-state index contributed by atoms with van der Waals surface area (Å²) in [6.07, 6.45) is 2.12. The van der Waals surface area contributed by atoms with Crippen LogP contribution in [0.3, 0.4) is 0 Å². The average molecular weight is 342 g/mol. The Morgan fingerprint density at radius 2 is 2.09 bits per heavy atom. The van der Waals surface area contributed by atoms with Crippen molar-refractivity contribution in [2.75, 3.05) is 13.7 Å². The van der Waals surface area contributed by atoms with E-state index < -0.39 is 30.6 Å². The van der Waals surface area contributed by atoms with E-state index in [9.17, 15) is 9.59 Å². The van der Waals surface area contributed by atoms with Gasteiger partial charge in [0, 0.05) is 17.1 Å². The van der Waals surface area contributed by atoms with E-state index in [1.165, 1.54) is 7.11 Å². The summed E-state index contributed by atoms with van der Waals surface area (Å²) in [7, 11) is 1.18. The molecule has 2 rings (SSSR count). The number of amides is 1. The molecular weight excluding hydrogens is 322 g/mol. The second kappa shape index (κ2) is 8.52. The van der Waals surface area contributed by atoms with E-state index >= 15 is 0 Å². The molecule has 1 amide bonds. The second-order valence-electron chi connectivity index (χ2n) is 4.94. The molecule has 0 aliphatic heterocycles. The molecule has 0 aliphatic carbocycles. The van der Waals surface area contributed by atoms with E-state index in [1.54, 1.807) is 0 Å². The minimum Gasteiger partial charge on any atom is -0.467 e. The fourth-order valence-electron chi connectivity index (χ4n) is 2.23. The molecule has 0 aliphatic rings. The van der Waals surface area contributed by atoms with E-state index in [1.807, 2.05) is 30.5 Å². The number of aliphatic hydroxyl groups excluding tert-OH is 1. The Morgan fingerprint density at radius 1 is 1.39 bits per heavy atom. The number of H-pyrrole nitrogens is 1. The molecule has 126 valence electrons. The summed E-state index contributed by atoms with van der Waals surface area (Å²) < 4.78 is 4.49. The molecule has 0 fully saturated rings. The Kier molecular flexibility index (Phi) is 7.02. The predicted molar refractivity (Wildman–Crippen MR) is 88.3 cm³/mol. The van der Waals surface area contributed by atoms with E-state index in [2.05, 4.69) is 15.0 Å². The van der Waals surface area contributed by atoms with Crippen molar-refractivity contribution in [3.8, 4) is 0 Å². The van der Waals surface area contributed by atoms with Gasteiger partial charge in [-0.2, -0.15) is 0 Å². The first-order valence-corrected chi connectivity index (χ1v) is 6.86. The third-order valence-corrected chi connectivity index (χ3v) is 3.44. The standard InChI is InChI=1S/C15H19N3O4.ClH/c1-22-15(21)13(8-19)18-14(20)11(16)6-9-7-17-12-5-3-2-4-10(9)12;/h2-5,7,11,13,17,19H,6,8,16H2,1H3,(H,18,20);1H/t11-,13-;/m0./s1. The maximum atomic E-state index is 12.0. The van der Waals surface area contributed by atoms with Crippen LogP contribution in [-0.2, 0) is 20.7 Å². The number of carbonyl (C=O) groups is 2. The van der Waals surface area contributed by atoms with Crippen LogP contribution in [0.25, 0.3) is 10.9 Å². The lowest BCUT2D eigenvalue weighted by Crippen LogP contribution is -2.51. The van der Waals surface area contributed by atoms with Gasteiger partial charge in [0.15, 0.2) is 6.04 Å². The van der Waals surface area contributed by atoms with Gasteiger partial charge in [-0.3, -0.25) is 4.79 Å². The number of hydrogen-bond acceptors (Lipinski definition) is 5. The normalized spacial score (nSPS) is 13.0. The Morgan fingerprint density at radius 3 is 2.74 bits per heavy atom. The lowest BCUT2D eigenvalue weighted by molar-refractivity contribution is -0.146. The van der Waals surface area contributed by atoms with Gasteiger partial charge in [-0.05, 0) is 18.1 Å². The van der Waals surface area contributed by atoms with Crippen molar-refractivity contribution in [1.82, 2.24) is 10.3 Å². The molecule has 1 aromatic carbocycles. The number of methoxy groups -OCH3 is 1. The summed E-state index contributed by atoms with van der Waals surface area (Å²) in [5.41, 5.74) is 7.76. The number of benzene rings is 1. The van der Waals surface area contributed by atoms with Crippen LogP contribution in [0, 0.1) is 0 Å². The quantitative estimate of drug-likeness (QED) is 0.556. The number of aromatic amines is 1. The zero-order valence-electron chi connectivity index (χ0n) is 12.6. The average Bonchev–Trinajstić information content (AvgIpc) is 2.94. The van der Waals surface area contributed by atoms with E-state index in [4.69, 9.17) is 10.8 Å². The number of aromatic nitrogens is 1. The summed E-state index contributed by atoms with van der Waals surface area (Å²) in [5, 5.41) is 12.5. The van der Waals surface area contributed by atoms with Crippen LogP contribution in [0.15, 0.2) is 30.5 Å². The van der Waals surface area contributed by atoms with Crippen LogP contribution >= 0.6 is 12.4 Å². The zero-order valence-corrected chi connectivity index (χ0v) is 13.4. The molecule has 7 nitrogen and oxygen atoms in total. The maximum absolute atomic E-state index is 12.0. The van der Waals surface area contributed by atoms with E-state index in [0.29, 0.717) is 6.42 Å². The van der Waals surface area contributed by atoms with Gasteiger partial charge in [0.25, 0.3) is 0 Å². The number of ether oxygens (including phenoxy) is 1. The highest BCUT2D eigenvalue weighted by atomic mass is 35.5. The number of carbonyl (C=O) groups excluding carboxylic acids is 2. The number of aliphatic hydroxyl groups is 1. The fraction of sp³-hybridized carbons (Fsp3) is 0.333. The molecule has 0 bridgehead atoms. The van der Waals surface area contributed by atoms with Gasteiger partial charge in [-0.15, -0.1) is 12.4 Å². The van der Waals surface area contributed by atoms with Gasteiger partial charge in [0.1, 0.15) is 0 Å². The third kappa shape index (κ3) is 4.44. The highest BCUT2D eigenvalue weighted by Crippen LogP contribution is 2.18. The summed E-state index contributed by atoms with van der Waals surface area (Å²) in [6, 6.07) is 5.76. The van der Waals surface area contributed by atoms with Crippen molar-refractivity contribution in [1.29, 1.82) is 0 Å². The molecule has 1 heterocycles. The third-order valence-electron chi connectivity index (χ3n) is 3.44. The number of esters is 1. The number of halogens is 1. The van der Waals surface area contributed by atoms with Crippen molar-refractivity contribution >= 4 is 35.2 Å². The Balaban J connectivity index is 0.00000264. The smallest absolute Gasteiger partial charge is 0.330 e. The van der Waals surface area contributed by atoms with Crippen molar-refractivity contribution < 1.29 is 19.4 Å². The lowest BCUT2D eigenvalue weighted by atomic mass is 10.0. The zero-order chi connectivity index (χ0) is 16.1. The second-order valence-corrected chi connectivity index (χ2v) is 4.94. The molecular formula is C15H20ClN3O4. The summed E-state index contributed by atoms with van der Waals surface area (Å²) in [5.74, 6) is -1.23. The summed E-state index contributed by atoms with van der Waals surface area (Å²) in [4.78, 5) is 26.5. The molecule has 2 atom stereocenters. The number of hydrogen-bond donors (Lipinski definition) is 4. The number of para-hydroxylation sites is 1. The van der Waals surface area contributed by atoms with E-state index in [0.717, 1.165) is 16.5 Å². The number of nitrogens with one attached hydrogen (secondary N) is 2. The fourth-order valence-corrected chi connectivity index (χ4v) is 2.23. The van der Waals surface area contributed by atoms with Gasteiger partial charge >= 0.3 is 5.97 Å². The molecule has 5 N–H and O–H groups in total. The Labute approximate surface area is 139 Å². The van der Waals surface area contributed by atoms with E-state index in [-0.39, 0.29) is 12.4 Å². The molecule has 23 heavy (non-hydrogen) atoms. The first-order valence-electron chi connectivity index (χ1n) is 6.86. The van der Waals surface area contributed by atoms with Gasteiger partial charge in [0.2, 0.25) is 5.91 Å². The molecule has 0 unspecified atom stereocenters. The minimum atomic E-state index is -1.11. The summed E-state index contributed by atoms with van der Waals surface area (Å²) >= 11 is 0. The van der Waals surface area contributed by atoms with Crippen LogP contribution in [0.5, 0.6) is 0 Å². The van der Waals surface area contributed by atoms with Gasteiger partial charge in [-0.25, -0.2) is 4.79 Å². The molecule has 2 aromatic rings. The van der Waals surface area contributed by atoms with Gasteiger partial charge in [-0.1, -0.05) is 18.2 Å². The van der Waals surface area contributed by atoms with Crippen LogP contribution in [0.2, 0.25) is 0 Å². The van der Waals surface area contributed by atoms with Crippen molar-refractivity contribution in [2.45, 2.75) is 18.5 Å². The largest absolute Gasteiger partial charge is 0.467 e. The van der Waals surface area contributed by atoms with Crippen LogP contribution in [0.4, 0.5) is 0 Å². The number of fused-ring (bicyclic) bond motifs is 1. The minimum absolute atomic E-state index is 0. The highest BCUT2D eigenvalue weighted by molar-refractivity contribution is 5.89. The highest BCUT2D eigenvalue weighted by Gasteiger charge is 2.24. The number of rotatable bonds is 6. The molecule has 1 aromatic heterocycles. The predicted octanol–water partition coefficient (Wildman–Crippen LogP) is 0.110. The SMILES string of the molecule is COC(=O)[C@H](CO)NC(=O)[C@@H](N)Cc1c[nH]c2ccccc12.Cl.